The van der Waals surface area contributed by atoms with E-state index >= 15 is 0 Å². The van der Waals surface area contributed by atoms with E-state index in [2.05, 4.69) is 45.0 Å². The zero-order chi connectivity index (χ0) is 18.6. The highest BCUT2D eigenvalue weighted by molar-refractivity contribution is 5.80. The van der Waals surface area contributed by atoms with Gasteiger partial charge in [0.15, 0.2) is 0 Å². The quantitative estimate of drug-likeness (QED) is 0.841. The molecule has 0 bridgehead atoms. The lowest BCUT2D eigenvalue weighted by Gasteiger charge is -2.32. The van der Waals surface area contributed by atoms with Crippen LogP contribution in [-0.4, -0.2) is 48.8 Å². The number of carbonyl (C=O) groups is 2. The van der Waals surface area contributed by atoms with Crippen LogP contribution in [0.25, 0.3) is 0 Å². The first-order valence-electron chi connectivity index (χ1n) is 9.27. The Morgan fingerprint density at radius 1 is 1.08 bits per heavy atom. The second kappa shape index (κ2) is 8.03. The Morgan fingerprint density at radius 3 is 2.12 bits per heavy atom. The standard InChI is InChI=1S/C21H32N2O2/c1-21(2,3)18-9-6-16(7-10-18)8-11-19(24)23-14-12-17(13-15-23)20(25)22(4)5/h6-7,9-10,17H,8,11-15H2,1-5H3. The van der Waals surface area contributed by atoms with Gasteiger partial charge in [-0.15, -0.1) is 0 Å². The number of aryl methyl sites for hydroxylation is 1. The van der Waals surface area contributed by atoms with Gasteiger partial charge in [-0.25, -0.2) is 0 Å². The summed E-state index contributed by atoms with van der Waals surface area (Å²) in [6.07, 6.45) is 2.88. The van der Waals surface area contributed by atoms with Crippen LogP contribution in [0.5, 0.6) is 0 Å². The van der Waals surface area contributed by atoms with E-state index in [9.17, 15) is 9.59 Å². The van der Waals surface area contributed by atoms with E-state index in [4.69, 9.17) is 0 Å². The van der Waals surface area contributed by atoms with Crippen LogP contribution in [0.15, 0.2) is 24.3 Å². The predicted octanol–water partition coefficient (Wildman–Crippen LogP) is 3.24. The van der Waals surface area contributed by atoms with Crippen LogP contribution >= 0.6 is 0 Å². The molecule has 4 nitrogen and oxygen atoms in total. The van der Waals surface area contributed by atoms with E-state index < -0.39 is 0 Å². The zero-order valence-corrected chi connectivity index (χ0v) is 16.3. The molecule has 0 N–H and O–H groups in total. The maximum Gasteiger partial charge on any atom is 0.225 e. The van der Waals surface area contributed by atoms with Crippen LogP contribution in [0, 0.1) is 5.92 Å². The minimum Gasteiger partial charge on any atom is -0.349 e. The summed E-state index contributed by atoms with van der Waals surface area (Å²) in [5.74, 6) is 0.464. The van der Waals surface area contributed by atoms with E-state index in [1.165, 1.54) is 11.1 Å². The van der Waals surface area contributed by atoms with Crippen molar-refractivity contribution in [2.45, 2.75) is 51.9 Å². The Kier molecular flexibility index (Phi) is 6.26. The maximum absolute atomic E-state index is 12.4. The van der Waals surface area contributed by atoms with E-state index in [1.807, 2.05) is 4.90 Å². The molecule has 0 atom stereocenters. The van der Waals surface area contributed by atoms with Crippen molar-refractivity contribution in [2.24, 2.45) is 5.92 Å². The Morgan fingerprint density at radius 2 is 1.64 bits per heavy atom. The molecule has 1 fully saturated rings. The van der Waals surface area contributed by atoms with Crippen molar-refractivity contribution in [3.63, 3.8) is 0 Å². The lowest BCUT2D eigenvalue weighted by atomic mass is 9.86. The summed E-state index contributed by atoms with van der Waals surface area (Å²) in [6, 6.07) is 8.60. The van der Waals surface area contributed by atoms with Gasteiger partial charge in [-0.05, 0) is 35.8 Å². The van der Waals surface area contributed by atoms with Crippen molar-refractivity contribution in [1.82, 2.24) is 9.80 Å². The molecule has 138 valence electrons. The topological polar surface area (TPSA) is 40.6 Å². The van der Waals surface area contributed by atoms with Gasteiger partial charge in [-0.2, -0.15) is 0 Å². The molecular weight excluding hydrogens is 312 g/mol. The summed E-state index contributed by atoms with van der Waals surface area (Å²) in [5.41, 5.74) is 2.68. The molecule has 2 amide bonds. The number of benzene rings is 1. The van der Waals surface area contributed by atoms with Gasteiger partial charge in [0.1, 0.15) is 0 Å². The summed E-state index contributed by atoms with van der Waals surface area (Å²) in [5, 5.41) is 0. The molecule has 0 unspecified atom stereocenters. The van der Waals surface area contributed by atoms with E-state index in [-0.39, 0.29) is 23.1 Å². The summed E-state index contributed by atoms with van der Waals surface area (Å²) in [7, 11) is 3.59. The molecule has 1 aromatic carbocycles. The van der Waals surface area contributed by atoms with Gasteiger partial charge in [0, 0.05) is 39.5 Å². The smallest absolute Gasteiger partial charge is 0.225 e. The van der Waals surface area contributed by atoms with Gasteiger partial charge in [-0.3, -0.25) is 9.59 Å². The zero-order valence-electron chi connectivity index (χ0n) is 16.3. The van der Waals surface area contributed by atoms with Crippen LogP contribution in [0.1, 0.15) is 51.2 Å². The highest BCUT2D eigenvalue weighted by atomic mass is 16.2. The lowest BCUT2D eigenvalue weighted by Crippen LogP contribution is -2.42. The minimum atomic E-state index is 0.0731. The largest absolute Gasteiger partial charge is 0.349 e. The lowest BCUT2D eigenvalue weighted by molar-refractivity contribution is -0.139. The fourth-order valence-electron chi connectivity index (χ4n) is 3.32. The maximum atomic E-state index is 12.4. The molecule has 0 radical (unpaired) electrons. The Balaban J connectivity index is 1.80. The number of carbonyl (C=O) groups excluding carboxylic acids is 2. The van der Waals surface area contributed by atoms with Crippen molar-refractivity contribution in [1.29, 1.82) is 0 Å². The first-order chi connectivity index (χ1) is 11.7. The summed E-state index contributed by atoms with van der Waals surface area (Å²) in [6.45, 7) is 8.01. The average molecular weight is 344 g/mol. The third kappa shape index (κ3) is 5.32. The number of hydrogen-bond donors (Lipinski definition) is 0. The van der Waals surface area contributed by atoms with E-state index in [0.29, 0.717) is 19.5 Å². The third-order valence-corrected chi connectivity index (χ3v) is 5.09. The molecule has 1 saturated heterocycles. The molecule has 4 heteroatoms. The molecule has 0 aromatic heterocycles. The van der Waals surface area contributed by atoms with Gasteiger partial charge in [0.05, 0.1) is 0 Å². The van der Waals surface area contributed by atoms with Crippen molar-refractivity contribution in [2.75, 3.05) is 27.2 Å². The SMILES string of the molecule is CN(C)C(=O)C1CCN(C(=O)CCc2ccc(C(C)(C)C)cc2)CC1. The normalized spacial score (nSPS) is 16.0. The van der Waals surface area contributed by atoms with Gasteiger partial charge < -0.3 is 9.80 Å². The molecule has 0 saturated carbocycles. The Bertz CT molecular complexity index is 591. The molecule has 0 spiro atoms. The van der Waals surface area contributed by atoms with Gasteiger partial charge in [0.2, 0.25) is 11.8 Å². The summed E-state index contributed by atoms with van der Waals surface area (Å²) < 4.78 is 0. The molecule has 1 heterocycles. The number of hydrogen-bond acceptors (Lipinski definition) is 2. The number of likely N-dealkylation sites (tertiary alicyclic amines) is 1. The molecule has 1 aromatic rings. The van der Waals surface area contributed by atoms with Crippen molar-refractivity contribution >= 4 is 11.8 Å². The van der Waals surface area contributed by atoms with E-state index in [0.717, 1.165) is 19.3 Å². The first kappa shape index (κ1) is 19.5. The number of amides is 2. The van der Waals surface area contributed by atoms with Gasteiger partial charge in [-0.1, -0.05) is 45.0 Å². The van der Waals surface area contributed by atoms with Crippen molar-refractivity contribution in [3.8, 4) is 0 Å². The van der Waals surface area contributed by atoms with Gasteiger partial charge in [0.25, 0.3) is 0 Å². The van der Waals surface area contributed by atoms with Crippen molar-refractivity contribution in [3.05, 3.63) is 35.4 Å². The minimum absolute atomic E-state index is 0.0731. The highest BCUT2D eigenvalue weighted by Crippen LogP contribution is 2.23. The number of piperidine rings is 1. The van der Waals surface area contributed by atoms with Crippen LogP contribution in [0.2, 0.25) is 0 Å². The van der Waals surface area contributed by atoms with E-state index in [1.54, 1.807) is 19.0 Å². The van der Waals surface area contributed by atoms with Crippen LogP contribution < -0.4 is 0 Å². The number of nitrogens with zero attached hydrogens (tertiary/aromatic N) is 2. The molecule has 0 aliphatic carbocycles. The first-order valence-corrected chi connectivity index (χ1v) is 9.27. The fraction of sp³-hybridized carbons (Fsp3) is 0.619. The second-order valence-electron chi connectivity index (χ2n) is 8.33. The molecular formula is C21H32N2O2. The van der Waals surface area contributed by atoms with Gasteiger partial charge >= 0.3 is 0 Å². The summed E-state index contributed by atoms with van der Waals surface area (Å²) >= 11 is 0. The Hall–Kier alpha value is -1.84. The van der Waals surface area contributed by atoms with Crippen LogP contribution in [0.3, 0.4) is 0 Å². The predicted molar refractivity (Wildman–Crippen MR) is 101 cm³/mol. The monoisotopic (exact) mass is 344 g/mol. The molecule has 1 aliphatic heterocycles. The highest BCUT2D eigenvalue weighted by Gasteiger charge is 2.27. The third-order valence-electron chi connectivity index (χ3n) is 5.09. The number of rotatable bonds is 4. The average Bonchev–Trinajstić information content (AvgIpc) is 2.58. The van der Waals surface area contributed by atoms with Crippen LogP contribution in [0.4, 0.5) is 0 Å². The fourth-order valence-corrected chi connectivity index (χ4v) is 3.32. The molecule has 1 aliphatic rings. The molecule has 25 heavy (non-hydrogen) atoms. The Labute approximate surface area is 152 Å². The van der Waals surface area contributed by atoms with Crippen molar-refractivity contribution < 1.29 is 9.59 Å². The van der Waals surface area contributed by atoms with Crippen LogP contribution in [-0.2, 0) is 21.4 Å². The second-order valence-corrected chi connectivity index (χ2v) is 8.33. The molecule has 2 rings (SSSR count). The summed E-state index contributed by atoms with van der Waals surface area (Å²) in [4.78, 5) is 28.0.